The van der Waals surface area contributed by atoms with Crippen molar-refractivity contribution in [3.63, 3.8) is 0 Å². The van der Waals surface area contributed by atoms with E-state index in [4.69, 9.17) is 4.42 Å². The van der Waals surface area contributed by atoms with Gasteiger partial charge in [0.1, 0.15) is 0 Å². The van der Waals surface area contributed by atoms with Gasteiger partial charge in [-0.2, -0.15) is 0 Å². The number of amides is 2. The van der Waals surface area contributed by atoms with Gasteiger partial charge in [0.2, 0.25) is 0 Å². The van der Waals surface area contributed by atoms with Crippen molar-refractivity contribution in [1.29, 1.82) is 0 Å². The highest BCUT2D eigenvalue weighted by molar-refractivity contribution is 6.03. The maximum Gasteiger partial charge on any atom is 0.291 e. The molecule has 6 heteroatoms. The summed E-state index contributed by atoms with van der Waals surface area (Å²) < 4.78 is 5.04. The lowest BCUT2D eigenvalue weighted by Crippen LogP contribution is -2.35. The van der Waals surface area contributed by atoms with E-state index in [1.807, 2.05) is 0 Å². The molecule has 1 heterocycles. The number of aliphatic hydroxyl groups is 1. The number of aliphatic hydroxyl groups excluding tert-OH is 1. The van der Waals surface area contributed by atoms with E-state index in [9.17, 15) is 14.7 Å². The van der Waals surface area contributed by atoms with E-state index < -0.39 is 6.10 Å². The van der Waals surface area contributed by atoms with Crippen LogP contribution in [0.1, 0.15) is 46.6 Å². The first-order chi connectivity index (χ1) is 12.1. The van der Waals surface area contributed by atoms with Gasteiger partial charge in [0.15, 0.2) is 5.76 Å². The molecule has 25 heavy (non-hydrogen) atoms. The molecule has 1 aliphatic carbocycles. The van der Waals surface area contributed by atoms with Crippen molar-refractivity contribution in [3.8, 4) is 0 Å². The molecule has 2 amide bonds. The Bertz CT molecular complexity index is 721. The number of rotatable bonds is 6. The molecule has 1 unspecified atom stereocenters. The Morgan fingerprint density at radius 3 is 2.68 bits per heavy atom. The van der Waals surface area contributed by atoms with Crippen LogP contribution in [0.2, 0.25) is 0 Å². The largest absolute Gasteiger partial charge is 0.459 e. The van der Waals surface area contributed by atoms with Crippen LogP contribution in [0.25, 0.3) is 0 Å². The smallest absolute Gasteiger partial charge is 0.291 e. The van der Waals surface area contributed by atoms with E-state index in [1.165, 1.54) is 6.26 Å². The minimum Gasteiger partial charge on any atom is -0.459 e. The van der Waals surface area contributed by atoms with Crippen LogP contribution in [0.15, 0.2) is 47.1 Å². The van der Waals surface area contributed by atoms with Crippen molar-refractivity contribution in [2.75, 3.05) is 11.9 Å². The molecule has 0 saturated heterocycles. The first-order valence-electron chi connectivity index (χ1n) is 8.54. The lowest BCUT2D eigenvalue weighted by atomic mass is 10.0. The van der Waals surface area contributed by atoms with E-state index in [0.29, 0.717) is 11.3 Å². The number of carbonyl (C=O) groups is 2. The predicted octanol–water partition coefficient (Wildman–Crippen LogP) is 2.81. The minimum atomic E-state index is -0.506. The molecular weight excluding hydrogens is 320 g/mol. The summed E-state index contributed by atoms with van der Waals surface area (Å²) in [7, 11) is 0. The van der Waals surface area contributed by atoms with Crippen LogP contribution >= 0.6 is 0 Å². The normalized spacial score (nSPS) is 15.7. The van der Waals surface area contributed by atoms with Crippen molar-refractivity contribution >= 4 is 17.5 Å². The molecule has 1 saturated carbocycles. The van der Waals surface area contributed by atoms with Gasteiger partial charge >= 0.3 is 0 Å². The lowest BCUT2D eigenvalue weighted by molar-refractivity contribution is 0.0840. The molecule has 1 aliphatic rings. The van der Waals surface area contributed by atoms with Crippen LogP contribution in [0.5, 0.6) is 0 Å². The second-order valence-electron chi connectivity index (χ2n) is 6.33. The molecule has 1 fully saturated rings. The molecule has 1 atom stereocenters. The average molecular weight is 342 g/mol. The highest BCUT2D eigenvalue weighted by Crippen LogP contribution is 2.27. The number of anilines is 1. The Labute approximate surface area is 146 Å². The third-order valence-electron chi connectivity index (χ3n) is 4.54. The Hall–Kier alpha value is -2.60. The topological polar surface area (TPSA) is 91.6 Å². The summed E-state index contributed by atoms with van der Waals surface area (Å²) in [6, 6.07) is 9.85. The number of benzene rings is 1. The van der Waals surface area contributed by atoms with Gasteiger partial charge in [0.05, 0.1) is 12.4 Å². The number of hydrogen-bond donors (Lipinski definition) is 3. The quantitative estimate of drug-likeness (QED) is 0.753. The summed E-state index contributed by atoms with van der Waals surface area (Å²) in [6.07, 6.45) is 5.25. The summed E-state index contributed by atoms with van der Waals surface area (Å²) in [5.74, 6) is -0.167. The SMILES string of the molecule is O=C(NCC(O)C1CCCC1)c1cccc(NC(=O)c2ccco2)c1. The molecule has 0 radical (unpaired) electrons. The van der Waals surface area contributed by atoms with Crippen molar-refractivity contribution in [2.24, 2.45) is 5.92 Å². The zero-order valence-electron chi connectivity index (χ0n) is 13.9. The summed E-state index contributed by atoms with van der Waals surface area (Å²) in [5, 5.41) is 15.6. The molecule has 0 aliphatic heterocycles. The van der Waals surface area contributed by atoms with Gasteiger partial charge in [0, 0.05) is 17.8 Å². The van der Waals surface area contributed by atoms with Gasteiger partial charge in [-0.3, -0.25) is 9.59 Å². The fourth-order valence-electron chi connectivity index (χ4n) is 3.15. The van der Waals surface area contributed by atoms with E-state index in [2.05, 4.69) is 10.6 Å². The van der Waals surface area contributed by atoms with Crippen molar-refractivity contribution in [1.82, 2.24) is 5.32 Å². The van der Waals surface area contributed by atoms with Gasteiger partial charge in [-0.05, 0) is 49.1 Å². The van der Waals surface area contributed by atoms with Gasteiger partial charge < -0.3 is 20.2 Å². The Balaban J connectivity index is 1.56. The van der Waals surface area contributed by atoms with Gasteiger partial charge in [0.25, 0.3) is 11.8 Å². The fraction of sp³-hybridized carbons (Fsp3) is 0.368. The monoisotopic (exact) mass is 342 g/mol. The third kappa shape index (κ3) is 4.48. The van der Waals surface area contributed by atoms with Crippen LogP contribution in [-0.2, 0) is 0 Å². The van der Waals surface area contributed by atoms with Crippen molar-refractivity contribution in [2.45, 2.75) is 31.8 Å². The second-order valence-corrected chi connectivity index (χ2v) is 6.33. The highest BCUT2D eigenvalue weighted by atomic mass is 16.3. The molecule has 3 rings (SSSR count). The summed E-state index contributed by atoms with van der Waals surface area (Å²) >= 11 is 0. The molecule has 132 valence electrons. The van der Waals surface area contributed by atoms with Crippen LogP contribution in [0, 0.1) is 5.92 Å². The van der Waals surface area contributed by atoms with Crippen LogP contribution < -0.4 is 10.6 Å². The molecule has 2 aromatic rings. The fourth-order valence-corrected chi connectivity index (χ4v) is 3.15. The summed E-state index contributed by atoms with van der Waals surface area (Å²) in [4.78, 5) is 24.3. The summed E-state index contributed by atoms with van der Waals surface area (Å²) in [6.45, 7) is 0.243. The first-order valence-corrected chi connectivity index (χ1v) is 8.54. The average Bonchev–Trinajstić information content (AvgIpc) is 3.33. The van der Waals surface area contributed by atoms with E-state index in [-0.39, 0.29) is 30.0 Å². The van der Waals surface area contributed by atoms with E-state index in [1.54, 1.807) is 36.4 Å². The third-order valence-corrected chi connectivity index (χ3v) is 4.54. The Kier molecular flexibility index (Phi) is 5.50. The zero-order chi connectivity index (χ0) is 17.6. The number of nitrogens with one attached hydrogen (secondary N) is 2. The van der Waals surface area contributed by atoms with E-state index in [0.717, 1.165) is 25.7 Å². The molecule has 3 N–H and O–H groups in total. The molecule has 0 spiro atoms. The van der Waals surface area contributed by atoms with Crippen LogP contribution in [0.3, 0.4) is 0 Å². The Morgan fingerprint density at radius 2 is 1.96 bits per heavy atom. The molecule has 0 bridgehead atoms. The lowest BCUT2D eigenvalue weighted by Gasteiger charge is -2.18. The first kappa shape index (κ1) is 17.2. The number of furan rings is 1. The van der Waals surface area contributed by atoms with Gasteiger partial charge in [-0.1, -0.05) is 18.9 Å². The summed E-state index contributed by atoms with van der Waals surface area (Å²) in [5.41, 5.74) is 0.932. The predicted molar refractivity (Wildman–Crippen MR) is 93.4 cm³/mol. The molecule has 1 aromatic heterocycles. The maximum absolute atomic E-state index is 12.3. The molecule has 1 aromatic carbocycles. The van der Waals surface area contributed by atoms with Gasteiger partial charge in [-0.25, -0.2) is 0 Å². The maximum atomic E-state index is 12.3. The number of hydrogen-bond acceptors (Lipinski definition) is 4. The van der Waals surface area contributed by atoms with E-state index >= 15 is 0 Å². The standard InChI is InChI=1S/C19H22N2O4/c22-16(13-5-1-2-6-13)12-20-18(23)14-7-3-8-15(11-14)21-19(24)17-9-4-10-25-17/h3-4,7-11,13,16,22H,1-2,5-6,12H2,(H,20,23)(H,21,24). The zero-order valence-corrected chi connectivity index (χ0v) is 13.9. The molecule has 6 nitrogen and oxygen atoms in total. The molecular formula is C19H22N2O4. The van der Waals surface area contributed by atoms with Crippen molar-refractivity contribution < 1.29 is 19.1 Å². The van der Waals surface area contributed by atoms with Gasteiger partial charge in [-0.15, -0.1) is 0 Å². The second kappa shape index (κ2) is 7.98. The van der Waals surface area contributed by atoms with Crippen LogP contribution in [-0.4, -0.2) is 29.6 Å². The highest BCUT2D eigenvalue weighted by Gasteiger charge is 2.23. The van der Waals surface area contributed by atoms with Crippen LogP contribution in [0.4, 0.5) is 5.69 Å². The minimum absolute atomic E-state index is 0.203. The van der Waals surface area contributed by atoms with Crippen molar-refractivity contribution in [3.05, 3.63) is 54.0 Å². The number of carbonyl (C=O) groups excluding carboxylic acids is 2. The Morgan fingerprint density at radius 1 is 1.16 bits per heavy atom.